The van der Waals surface area contributed by atoms with Crippen LogP contribution in [0.2, 0.25) is 0 Å². The maximum absolute atomic E-state index is 10.8. The van der Waals surface area contributed by atoms with Gasteiger partial charge in [0.1, 0.15) is 11.5 Å². The fraction of sp³-hybridized carbons (Fsp3) is 0.167. The van der Waals surface area contributed by atoms with Gasteiger partial charge in [0.2, 0.25) is 0 Å². The Morgan fingerprint density at radius 3 is 2.38 bits per heavy atom. The molecule has 2 rings (SSSR count). The first-order chi connectivity index (χ1) is 10.2. The van der Waals surface area contributed by atoms with Gasteiger partial charge < -0.3 is 4.74 Å². The molecule has 0 fully saturated rings. The highest BCUT2D eigenvalue weighted by molar-refractivity contribution is 8.13. The molecule has 0 unspecified atom stereocenters. The third kappa shape index (κ3) is 5.88. The SMILES string of the molecule is CC(=O)SCCC=Cc1ccc(Oc2ccccc2)cc1. The predicted octanol–water partition coefficient (Wildman–Crippen LogP) is 5.16. The van der Waals surface area contributed by atoms with Gasteiger partial charge in [0, 0.05) is 12.7 Å². The summed E-state index contributed by atoms with van der Waals surface area (Å²) >= 11 is 1.36. The van der Waals surface area contributed by atoms with Gasteiger partial charge in [-0.15, -0.1) is 0 Å². The summed E-state index contributed by atoms with van der Waals surface area (Å²) < 4.78 is 5.74. The van der Waals surface area contributed by atoms with Crippen molar-refractivity contribution in [1.29, 1.82) is 0 Å². The predicted molar refractivity (Wildman–Crippen MR) is 89.7 cm³/mol. The summed E-state index contributed by atoms with van der Waals surface area (Å²) in [6.07, 6.45) is 5.04. The number of hydrogen-bond acceptors (Lipinski definition) is 3. The molecule has 0 saturated carbocycles. The van der Waals surface area contributed by atoms with E-state index in [1.807, 2.05) is 54.6 Å². The van der Waals surface area contributed by atoms with Crippen LogP contribution in [-0.4, -0.2) is 10.9 Å². The largest absolute Gasteiger partial charge is 0.457 e. The van der Waals surface area contributed by atoms with Crippen molar-refractivity contribution < 1.29 is 9.53 Å². The van der Waals surface area contributed by atoms with Crippen molar-refractivity contribution >= 4 is 23.0 Å². The van der Waals surface area contributed by atoms with Gasteiger partial charge >= 0.3 is 0 Å². The van der Waals surface area contributed by atoms with Crippen molar-refractivity contribution in [2.24, 2.45) is 0 Å². The monoisotopic (exact) mass is 298 g/mol. The molecule has 2 aromatic rings. The lowest BCUT2D eigenvalue weighted by Gasteiger charge is -2.05. The van der Waals surface area contributed by atoms with E-state index < -0.39 is 0 Å². The maximum atomic E-state index is 10.8. The molecule has 0 aliphatic rings. The van der Waals surface area contributed by atoms with Crippen LogP contribution in [0.4, 0.5) is 0 Å². The molecule has 3 heteroatoms. The van der Waals surface area contributed by atoms with Gasteiger partial charge in [-0.05, 0) is 36.2 Å². The first-order valence-electron chi connectivity index (χ1n) is 6.87. The van der Waals surface area contributed by atoms with Crippen LogP contribution in [0.15, 0.2) is 60.7 Å². The number of carbonyl (C=O) groups is 1. The molecular weight excluding hydrogens is 280 g/mol. The minimum absolute atomic E-state index is 0.172. The highest BCUT2D eigenvalue weighted by Gasteiger charge is 1.96. The summed E-state index contributed by atoms with van der Waals surface area (Å²) in [6.45, 7) is 1.60. The molecule has 0 saturated heterocycles. The molecule has 0 heterocycles. The van der Waals surface area contributed by atoms with E-state index in [1.165, 1.54) is 11.8 Å². The van der Waals surface area contributed by atoms with Gasteiger partial charge in [0.15, 0.2) is 5.12 Å². The second kappa shape index (κ2) is 8.32. The van der Waals surface area contributed by atoms with Gasteiger partial charge in [-0.2, -0.15) is 0 Å². The van der Waals surface area contributed by atoms with E-state index in [0.717, 1.165) is 29.2 Å². The minimum Gasteiger partial charge on any atom is -0.457 e. The second-order valence-corrected chi connectivity index (χ2v) is 5.79. The minimum atomic E-state index is 0.172. The van der Waals surface area contributed by atoms with Crippen LogP contribution < -0.4 is 4.74 Å². The Morgan fingerprint density at radius 2 is 1.71 bits per heavy atom. The van der Waals surface area contributed by atoms with Gasteiger partial charge in [0.05, 0.1) is 0 Å². The third-order valence-electron chi connectivity index (χ3n) is 2.76. The van der Waals surface area contributed by atoms with Gasteiger partial charge in [-0.3, -0.25) is 4.79 Å². The first-order valence-corrected chi connectivity index (χ1v) is 7.85. The van der Waals surface area contributed by atoms with E-state index >= 15 is 0 Å². The van der Waals surface area contributed by atoms with Gasteiger partial charge in [0.25, 0.3) is 0 Å². The average molecular weight is 298 g/mol. The number of ether oxygens (including phenoxy) is 1. The topological polar surface area (TPSA) is 26.3 Å². The summed E-state index contributed by atoms with van der Waals surface area (Å²) in [5.74, 6) is 2.49. The smallest absolute Gasteiger partial charge is 0.185 e. The van der Waals surface area contributed by atoms with Crippen molar-refractivity contribution in [2.75, 3.05) is 5.75 Å². The molecule has 0 aliphatic carbocycles. The van der Waals surface area contributed by atoms with E-state index in [2.05, 4.69) is 12.2 Å². The average Bonchev–Trinajstić information content (AvgIpc) is 2.49. The fourth-order valence-electron chi connectivity index (χ4n) is 1.76. The molecule has 0 radical (unpaired) electrons. The van der Waals surface area contributed by atoms with Crippen LogP contribution in [0, 0.1) is 0 Å². The molecule has 2 aromatic carbocycles. The molecule has 2 nitrogen and oxygen atoms in total. The van der Waals surface area contributed by atoms with Crippen LogP contribution in [0.5, 0.6) is 11.5 Å². The Balaban J connectivity index is 1.84. The summed E-state index contributed by atoms with van der Waals surface area (Å²) in [5, 5.41) is 0.172. The van der Waals surface area contributed by atoms with E-state index in [9.17, 15) is 4.79 Å². The Hall–Kier alpha value is -2.00. The number of hydrogen-bond donors (Lipinski definition) is 0. The summed E-state index contributed by atoms with van der Waals surface area (Å²) in [5.41, 5.74) is 1.13. The van der Waals surface area contributed by atoms with E-state index in [0.29, 0.717) is 0 Å². The number of rotatable bonds is 6. The van der Waals surface area contributed by atoms with Crippen molar-refractivity contribution in [3.8, 4) is 11.5 Å². The van der Waals surface area contributed by atoms with Crippen molar-refractivity contribution in [3.63, 3.8) is 0 Å². The van der Waals surface area contributed by atoms with Crippen molar-refractivity contribution in [3.05, 3.63) is 66.2 Å². The van der Waals surface area contributed by atoms with E-state index in [4.69, 9.17) is 4.74 Å². The molecule has 108 valence electrons. The zero-order valence-corrected chi connectivity index (χ0v) is 12.8. The number of thioether (sulfide) groups is 1. The second-order valence-electron chi connectivity index (χ2n) is 4.52. The molecule has 0 bridgehead atoms. The Kier molecular flexibility index (Phi) is 6.10. The number of benzene rings is 2. The molecular formula is C18H18O2S. The zero-order valence-electron chi connectivity index (χ0n) is 12.0. The Labute approximate surface area is 129 Å². The summed E-state index contributed by atoms with van der Waals surface area (Å²) in [6, 6.07) is 17.7. The highest BCUT2D eigenvalue weighted by atomic mass is 32.2. The van der Waals surface area contributed by atoms with Crippen molar-refractivity contribution in [1.82, 2.24) is 0 Å². The Morgan fingerprint density at radius 1 is 1.05 bits per heavy atom. The molecule has 0 aromatic heterocycles. The number of para-hydroxylation sites is 1. The van der Waals surface area contributed by atoms with Crippen molar-refractivity contribution in [2.45, 2.75) is 13.3 Å². The molecule has 0 atom stereocenters. The molecule has 0 aliphatic heterocycles. The summed E-state index contributed by atoms with van der Waals surface area (Å²) in [7, 11) is 0. The van der Waals surface area contributed by atoms with E-state index in [-0.39, 0.29) is 5.12 Å². The van der Waals surface area contributed by atoms with Gasteiger partial charge in [-0.1, -0.05) is 54.2 Å². The number of allylic oxidation sites excluding steroid dienone is 1. The van der Waals surface area contributed by atoms with Crippen LogP contribution in [0.25, 0.3) is 6.08 Å². The summed E-state index contributed by atoms with van der Waals surface area (Å²) in [4.78, 5) is 10.8. The maximum Gasteiger partial charge on any atom is 0.185 e. The van der Waals surface area contributed by atoms with Crippen LogP contribution in [0.1, 0.15) is 18.9 Å². The molecule has 21 heavy (non-hydrogen) atoms. The standard InChI is InChI=1S/C18H18O2S/c1-15(19)21-14-6-5-7-16-10-12-18(13-11-16)20-17-8-3-2-4-9-17/h2-5,7-13H,6,14H2,1H3. The lowest BCUT2D eigenvalue weighted by Crippen LogP contribution is -1.84. The lowest BCUT2D eigenvalue weighted by atomic mass is 10.2. The van der Waals surface area contributed by atoms with E-state index in [1.54, 1.807) is 6.92 Å². The first kappa shape index (κ1) is 15.4. The molecule has 0 spiro atoms. The zero-order chi connectivity index (χ0) is 14.9. The number of carbonyl (C=O) groups excluding carboxylic acids is 1. The van der Waals surface area contributed by atoms with Crippen LogP contribution in [-0.2, 0) is 4.79 Å². The van der Waals surface area contributed by atoms with Gasteiger partial charge in [-0.25, -0.2) is 0 Å². The third-order valence-corrected chi connectivity index (χ3v) is 3.61. The van der Waals surface area contributed by atoms with Crippen LogP contribution in [0.3, 0.4) is 0 Å². The highest BCUT2D eigenvalue weighted by Crippen LogP contribution is 2.21. The Bertz CT molecular complexity index is 588. The quantitative estimate of drug-likeness (QED) is 0.689. The normalized spacial score (nSPS) is 10.7. The van der Waals surface area contributed by atoms with Crippen LogP contribution >= 0.6 is 11.8 Å². The molecule has 0 N–H and O–H groups in total. The molecule has 0 amide bonds. The fourth-order valence-corrected chi connectivity index (χ4v) is 2.30. The lowest BCUT2D eigenvalue weighted by molar-refractivity contribution is -0.109.